The molecule has 6 heteroatoms. The van der Waals surface area contributed by atoms with Crippen LogP contribution in [0.3, 0.4) is 0 Å². The van der Waals surface area contributed by atoms with Crippen LogP contribution in [0.2, 0.25) is 0 Å². The number of amides is 1. The average Bonchev–Trinajstić information content (AvgIpc) is 2.65. The summed E-state index contributed by atoms with van der Waals surface area (Å²) in [6.07, 6.45) is 0. The van der Waals surface area contributed by atoms with E-state index in [0.717, 1.165) is 0 Å². The molecule has 0 radical (unpaired) electrons. The van der Waals surface area contributed by atoms with Crippen LogP contribution in [0.4, 0.5) is 5.69 Å². The van der Waals surface area contributed by atoms with Crippen LogP contribution in [0.5, 0.6) is 0 Å². The maximum absolute atomic E-state index is 11.9. The maximum atomic E-state index is 11.9. The van der Waals surface area contributed by atoms with Crippen molar-refractivity contribution in [3.63, 3.8) is 0 Å². The van der Waals surface area contributed by atoms with E-state index in [2.05, 4.69) is 10.4 Å². The second-order valence-electron chi connectivity index (χ2n) is 4.42. The number of rotatable bonds is 4. The fraction of sp³-hybridized carbons (Fsp3) is 0.214. The van der Waals surface area contributed by atoms with Gasteiger partial charge in [-0.25, -0.2) is 4.79 Å². The highest BCUT2D eigenvalue weighted by molar-refractivity contribution is 5.92. The first-order valence-corrected chi connectivity index (χ1v) is 6.11. The number of anilines is 1. The van der Waals surface area contributed by atoms with E-state index in [-0.39, 0.29) is 18.0 Å². The van der Waals surface area contributed by atoms with Gasteiger partial charge < -0.3 is 10.4 Å². The number of hydrogen-bond acceptors (Lipinski definition) is 3. The van der Waals surface area contributed by atoms with Crippen molar-refractivity contribution in [1.29, 1.82) is 0 Å². The van der Waals surface area contributed by atoms with Crippen LogP contribution in [0, 0.1) is 13.8 Å². The molecule has 0 unspecified atom stereocenters. The number of aryl methyl sites for hydroxylation is 1. The highest BCUT2D eigenvalue weighted by atomic mass is 16.4. The summed E-state index contributed by atoms with van der Waals surface area (Å²) in [7, 11) is 0. The summed E-state index contributed by atoms with van der Waals surface area (Å²) in [5, 5.41) is 15.9. The fourth-order valence-corrected chi connectivity index (χ4v) is 2.02. The molecular weight excluding hydrogens is 258 g/mol. The molecule has 0 bridgehead atoms. The van der Waals surface area contributed by atoms with Crippen molar-refractivity contribution in [2.75, 3.05) is 5.32 Å². The molecule has 104 valence electrons. The number of aromatic carboxylic acids is 1. The molecule has 2 aromatic rings. The van der Waals surface area contributed by atoms with Crippen LogP contribution < -0.4 is 5.32 Å². The second kappa shape index (κ2) is 5.56. The maximum Gasteiger partial charge on any atom is 0.339 e. The Morgan fingerprint density at radius 2 is 1.90 bits per heavy atom. The van der Waals surface area contributed by atoms with E-state index in [1.165, 1.54) is 4.68 Å². The van der Waals surface area contributed by atoms with Gasteiger partial charge in [0.2, 0.25) is 5.91 Å². The first-order valence-electron chi connectivity index (χ1n) is 6.11. The van der Waals surface area contributed by atoms with Gasteiger partial charge in [-0.3, -0.25) is 9.48 Å². The SMILES string of the molecule is Cc1nn(CC(=O)Nc2ccccc2)c(C)c1C(=O)O. The third-order valence-electron chi connectivity index (χ3n) is 2.95. The quantitative estimate of drug-likeness (QED) is 0.890. The van der Waals surface area contributed by atoms with E-state index in [1.54, 1.807) is 26.0 Å². The molecule has 0 spiro atoms. The molecule has 0 fully saturated rings. The summed E-state index contributed by atoms with van der Waals surface area (Å²) < 4.78 is 1.40. The van der Waals surface area contributed by atoms with Crippen molar-refractivity contribution in [1.82, 2.24) is 9.78 Å². The Morgan fingerprint density at radius 1 is 1.25 bits per heavy atom. The molecule has 2 N–H and O–H groups in total. The van der Waals surface area contributed by atoms with Gasteiger partial charge in [0.15, 0.2) is 0 Å². The first kappa shape index (κ1) is 13.8. The van der Waals surface area contributed by atoms with Crippen molar-refractivity contribution in [2.45, 2.75) is 20.4 Å². The molecule has 0 atom stereocenters. The van der Waals surface area contributed by atoms with Crippen LogP contribution in [0.15, 0.2) is 30.3 Å². The smallest absolute Gasteiger partial charge is 0.339 e. The average molecular weight is 273 g/mol. The zero-order valence-electron chi connectivity index (χ0n) is 11.3. The number of nitrogens with zero attached hydrogens (tertiary/aromatic N) is 2. The van der Waals surface area contributed by atoms with E-state index in [4.69, 9.17) is 5.11 Å². The van der Waals surface area contributed by atoms with Crippen molar-refractivity contribution >= 4 is 17.6 Å². The largest absolute Gasteiger partial charge is 0.478 e. The number of carboxylic acids is 1. The molecule has 0 saturated carbocycles. The monoisotopic (exact) mass is 273 g/mol. The fourth-order valence-electron chi connectivity index (χ4n) is 2.02. The molecule has 1 aromatic heterocycles. The van der Waals surface area contributed by atoms with Crippen LogP contribution in [-0.4, -0.2) is 26.8 Å². The van der Waals surface area contributed by atoms with E-state index in [1.807, 2.05) is 18.2 Å². The minimum atomic E-state index is -1.03. The van der Waals surface area contributed by atoms with Gasteiger partial charge in [-0.2, -0.15) is 5.10 Å². The van der Waals surface area contributed by atoms with Gasteiger partial charge in [-0.05, 0) is 26.0 Å². The lowest BCUT2D eigenvalue weighted by Crippen LogP contribution is -2.20. The van der Waals surface area contributed by atoms with Crippen LogP contribution in [0.1, 0.15) is 21.7 Å². The molecule has 0 aliphatic heterocycles. The van der Waals surface area contributed by atoms with Crippen LogP contribution >= 0.6 is 0 Å². The molecule has 1 aromatic carbocycles. The highest BCUT2D eigenvalue weighted by Crippen LogP contribution is 2.13. The lowest BCUT2D eigenvalue weighted by molar-refractivity contribution is -0.116. The number of carboxylic acid groups (broad SMARTS) is 1. The van der Waals surface area contributed by atoms with Crippen molar-refractivity contribution in [2.24, 2.45) is 0 Å². The van der Waals surface area contributed by atoms with Crippen molar-refractivity contribution in [3.05, 3.63) is 47.3 Å². The molecular formula is C14H15N3O3. The molecule has 1 amide bonds. The summed E-state index contributed by atoms with van der Waals surface area (Å²) in [5.41, 5.74) is 1.72. The number of carbonyl (C=O) groups excluding carboxylic acids is 1. The van der Waals surface area contributed by atoms with E-state index in [9.17, 15) is 9.59 Å². The molecule has 0 saturated heterocycles. The third kappa shape index (κ3) is 2.85. The normalized spacial score (nSPS) is 10.3. The molecule has 0 aliphatic rings. The zero-order chi connectivity index (χ0) is 14.7. The predicted molar refractivity (Wildman–Crippen MR) is 73.7 cm³/mol. The van der Waals surface area contributed by atoms with Crippen molar-refractivity contribution < 1.29 is 14.7 Å². The molecule has 2 rings (SSSR count). The van der Waals surface area contributed by atoms with Gasteiger partial charge in [0.05, 0.1) is 11.4 Å². The van der Waals surface area contributed by atoms with Gasteiger partial charge in [0.1, 0.15) is 12.1 Å². The van der Waals surface area contributed by atoms with E-state index >= 15 is 0 Å². The number of aromatic nitrogens is 2. The van der Waals surface area contributed by atoms with Crippen LogP contribution in [-0.2, 0) is 11.3 Å². The summed E-state index contributed by atoms with van der Waals surface area (Å²) in [6.45, 7) is 3.23. The minimum Gasteiger partial charge on any atom is -0.478 e. The number of nitrogens with one attached hydrogen (secondary N) is 1. The third-order valence-corrected chi connectivity index (χ3v) is 2.95. The van der Waals surface area contributed by atoms with Gasteiger partial charge in [-0.15, -0.1) is 0 Å². The Hall–Kier alpha value is -2.63. The van der Waals surface area contributed by atoms with E-state index in [0.29, 0.717) is 17.1 Å². The molecule has 20 heavy (non-hydrogen) atoms. The Bertz CT molecular complexity index is 647. The predicted octanol–water partition coefficient (Wildman–Crippen LogP) is 1.84. The summed E-state index contributed by atoms with van der Waals surface area (Å²) in [6, 6.07) is 9.06. The lowest BCUT2D eigenvalue weighted by Gasteiger charge is -2.06. The number of para-hydroxylation sites is 1. The standard InChI is InChI=1S/C14H15N3O3/c1-9-13(14(19)20)10(2)17(16-9)8-12(18)15-11-6-4-3-5-7-11/h3-7H,8H2,1-2H3,(H,15,18)(H,19,20). The molecule has 6 nitrogen and oxygen atoms in total. The van der Waals surface area contributed by atoms with E-state index < -0.39 is 5.97 Å². The van der Waals surface area contributed by atoms with Crippen molar-refractivity contribution in [3.8, 4) is 0 Å². The summed E-state index contributed by atoms with van der Waals surface area (Å²) >= 11 is 0. The molecule has 1 heterocycles. The topological polar surface area (TPSA) is 84.2 Å². The lowest BCUT2D eigenvalue weighted by atomic mass is 10.2. The Labute approximate surface area is 116 Å². The van der Waals surface area contributed by atoms with Crippen LogP contribution in [0.25, 0.3) is 0 Å². The highest BCUT2D eigenvalue weighted by Gasteiger charge is 2.18. The Kier molecular flexibility index (Phi) is 3.84. The summed E-state index contributed by atoms with van der Waals surface area (Å²) in [4.78, 5) is 23.0. The number of hydrogen-bond donors (Lipinski definition) is 2. The summed E-state index contributed by atoms with van der Waals surface area (Å²) in [5.74, 6) is -1.28. The number of benzene rings is 1. The van der Waals surface area contributed by atoms with Gasteiger partial charge >= 0.3 is 5.97 Å². The first-order chi connectivity index (χ1) is 9.49. The second-order valence-corrected chi connectivity index (χ2v) is 4.42. The Balaban J connectivity index is 2.13. The Morgan fingerprint density at radius 3 is 2.45 bits per heavy atom. The van der Waals surface area contributed by atoms with Gasteiger partial charge in [-0.1, -0.05) is 18.2 Å². The molecule has 0 aliphatic carbocycles. The minimum absolute atomic E-state index is 0.0190. The zero-order valence-corrected chi connectivity index (χ0v) is 11.3. The van der Waals surface area contributed by atoms with Gasteiger partial charge in [0.25, 0.3) is 0 Å². The van der Waals surface area contributed by atoms with Gasteiger partial charge in [0, 0.05) is 5.69 Å². The number of carbonyl (C=O) groups is 2.